The lowest BCUT2D eigenvalue weighted by Gasteiger charge is -2.24. The Balaban J connectivity index is 2.35. The Bertz CT molecular complexity index is 531. The summed E-state index contributed by atoms with van der Waals surface area (Å²) in [5, 5.41) is 9.86. The van der Waals surface area contributed by atoms with E-state index in [0.29, 0.717) is 0 Å². The number of nitrogens with zero attached hydrogens (tertiary/aromatic N) is 1. The fourth-order valence-electron chi connectivity index (χ4n) is 2.24. The second kappa shape index (κ2) is 5.89. The molecule has 0 aliphatic heterocycles. The van der Waals surface area contributed by atoms with Gasteiger partial charge in [-0.05, 0) is 37.1 Å². The predicted molar refractivity (Wildman–Crippen MR) is 81.0 cm³/mol. The van der Waals surface area contributed by atoms with Crippen LogP contribution in [0.5, 0.6) is 0 Å². The lowest BCUT2D eigenvalue weighted by atomic mass is 10.1. The van der Waals surface area contributed by atoms with E-state index in [1.54, 1.807) is 6.92 Å². The van der Waals surface area contributed by atoms with Crippen molar-refractivity contribution in [3.8, 4) is 0 Å². The third kappa shape index (κ3) is 2.96. The number of hydrogen-bond acceptors (Lipinski definition) is 2. The van der Waals surface area contributed by atoms with Crippen LogP contribution in [0.25, 0.3) is 0 Å². The molecule has 0 aromatic heterocycles. The molecule has 1 atom stereocenters. The molecule has 2 nitrogen and oxygen atoms in total. The molecule has 0 radical (unpaired) electrons. The van der Waals surface area contributed by atoms with Crippen LogP contribution in [0.3, 0.4) is 0 Å². The Kier molecular flexibility index (Phi) is 4.23. The second-order valence-corrected chi connectivity index (χ2v) is 4.81. The highest BCUT2D eigenvalue weighted by molar-refractivity contribution is 5.66. The van der Waals surface area contributed by atoms with Gasteiger partial charge in [0.15, 0.2) is 0 Å². The smallest absolute Gasteiger partial charge is 0.0782 e. The van der Waals surface area contributed by atoms with E-state index in [9.17, 15) is 5.11 Å². The van der Waals surface area contributed by atoms with Gasteiger partial charge in [-0.3, -0.25) is 0 Å². The Morgan fingerprint density at radius 1 is 1.05 bits per heavy atom. The van der Waals surface area contributed by atoms with Crippen molar-refractivity contribution in [1.82, 2.24) is 0 Å². The van der Waals surface area contributed by atoms with Crippen molar-refractivity contribution in [3.63, 3.8) is 0 Å². The van der Waals surface area contributed by atoms with Gasteiger partial charge in [0.25, 0.3) is 0 Å². The first-order chi connectivity index (χ1) is 9.13. The first-order valence-electron chi connectivity index (χ1n) is 6.73. The van der Waals surface area contributed by atoms with Crippen molar-refractivity contribution in [3.05, 3.63) is 59.7 Å². The lowest BCUT2D eigenvalue weighted by molar-refractivity contribution is 0.200. The first kappa shape index (κ1) is 13.6. The SMILES string of the molecule is CCc1ccc(N(C)c2ccccc2[C@@H](C)O)cc1. The molecule has 0 heterocycles. The monoisotopic (exact) mass is 255 g/mol. The van der Waals surface area contributed by atoms with Gasteiger partial charge < -0.3 is 10.0 Å². The molecule has 0 aliphatic rings. The van der Waals surface area contributed by atoms with E-state index >= 15 is 0 Å². The minimum Gasteiger partial charge on any atom is -0.389 e. The van der Waals surface area contributed by atoms with Crippen molar-refractivity contribution in [2.75, 3.05) is 11.9 Å². The molecule has 2 aromatic rings. The van der Waals surface area contributed by atoms with Crippen LogP contribution in [0.4, 0.5) is 11.4 Å². The van der Waals surface area contributed by atoms with Gasteiger partial charge in [0.05, 0.1) is 6.10 Å². The number of anilines is 2. The normalized spacial score (nSPS) is 12.2. The maximum absolute atomic E-state index is 9.86. The third-order valence-corrected chi connectivity index (χ3v) is 3.48. The molecule has 0 amide bonds. The number of benzene rings is 2. The Morgan fingerprint density at radius 2 is 1.68 bits per heavy atom. The van der Waals surface area contributed by atoms with Crippen LogP contribution in [0.1, 0.15) is 31.1 Å². The van der Waals surface area contributed by atoms with Crippen LogP contribution in [-0.2, 0) is 6.42 Å². The van der Waals surface area contributed by atoms with Crippen molar-refractivity contribution in [1.29, 1.82) is 0 Å². The summed E-state index contributed by atoms with van der Waals surface area (Å²) < 4.78 is 0. The summed E-state index contributed by atoms with van der Waals surface area (Å²) in [4.78, 5) is 2.11. The number of aliphatic hydroxyl groups is 1. The molecular formula is C17H21NO. The fraction of sp³-hybridized carbons (Fsp3) is 0.294. The molecule has 0 saturated carbocycles. The molecule has 19 heavy (non-hydrogen) atoms. The minimum atomic E-state index is -0.464. The summed E-state index contributed by atoms with van der Waals surface area (Å²) >= 11 is 0. The van der Waals surface area contributed by atoms with Crippen molar-refractivity contribution >= 4 is 11.4 Å². The van der Waals surface area contributed by atoms with Gasteiger partial charge in [0, 0.05) is 24.0 Å². The highest BCUT2D eigenvalue weighted by Gasteiger charge is 2.11. The summed E-state index contributed by atoms with van der Waals surface area (Å²) in [6, 6.07) is 16.5. The molecular weight excluding hydrogens is 234 g/mol. The zero-order valence-corrected chi connectivity index (χ0v) is 11.8. The summed E-state index contributed by atoms with van der Waals surface area (Å²) in [6.45, 7) is 3.95. The zero-order chi connectivity index (χ0) is 13.8. The average Bonchev–Trinajstić information content (AvgIpc) is 2.46. The van der Waals surface area contributed by atoms with Crippen LogP contribution in [0.15, 0.2) is 48.5 Å². The molecule has 0 bridgehead atoms. The topological polar surface area (TPSA) is 23.5 Å². The summed E-state index contributed by atoms with van der Waals surface area (Å²) in [5.74, 6) is 0. The van der Waals surface area contributed by atoms with E-state index in [-0.39, 0.29) is 0 Å². The van der Waals surface area contributed by atoms with Gasteiger partial charge in [0.2, 0.25) is 0 Å². The third-order valence-electron chi connectivity index (χ3n) is 3.48. The Labute approximate surface area is 115 Å². The van der Waals surface area contributed by atoms with E-state index in [0.717, 1.165) is 23.4 Å². The molecule has 2 heteroatoms. The number of hydrogen-bond donors (Lipinski definition) is 1. The predicted octanol–water partition coefficient (Wildman–Crippen LogP) is 4.07. The number of aliphatic hydroxyl groups excluding tert-OH is 1. The molecule has 0 spiro atoms. The fourth-order valence-corrected chi connectivity index (χ4v) is 2.24. The highest BCUT2D eigenvalue weighted by Crippen LogP contribution is 2.30. The molecule has 0 saturated heterocycles. The summed E-state index contributed by atoms with van der Waals surface area (Å²) in [5.41, 5.74) is 4.46. The lowest BCUT2D eigenvalue weighted by Crippen LogP contribution is -2.12. The Hall–Kier alpha value is -1.80. The summed E-state index contributed by atoms with van der Waals surface area (Å²) in [6.07, 6.45) is 0.586. The van der Waals surface area contributed by atoms with E-state index in [1.807, 2.05) is 31.3 Å². The molecule has 0 unspecified atom stereocenters. The number of aryl methyl sites for hydroxylation is 1. The quantitative estimate of drug-likeness (QED) is 0.890. The Morgan fingerprint density at radius 3 is 2.26 bits per heavy atom. The number of rotatable bonds is 4. The van der Waals surface area contributed by atoms with Crippen molar-refractivity contribution < 1.29 is 5.11 Å². The van der Waals surface area contributed by atoms with E-state index in [2.05, 4.69) is 36.1 Å². The van der Waals surface area contributed by atoms with Gasteiger partial charge >= 0.3 is 0 Å². The molecule has 2 rings (SSSR count). The van der Waals surface area contributed by atoms with E-state index in [4.69, 9.17) is 0 Å². The van der Waals surface area contributed by atoms with E-state index in [1.165, 1.54) is 5.56 Å². The van der Waals surface area contributed by atoms with Gasteiger partial charge in [-0.1, -0.05) is 37.3 Å². The summed E-state index contributed by atoms with van der Waals surface area (Å²) in [7, 11) is 2.03. The molecule has 0 fully saturated rings. The first-order valence-corrected chi connectivity index (χ1v) is 6.73. The number of para-hydroxylation sites is 1. The maximum Gasteiger partial charge on any atom is 0.0782 e. The molecule has 0 aliphatic carbocycles. The zero-order valence-electron chi connectivity index (χ0n) is 11.8. The van der Waals surface area contributed by atoms with Crippen LogP contribution in [-0.4, -0.2) is 12.2 Å². The maximum atomic E-state index is 9.86. The van der Waals surface area contributed by atoms with Gasteiger partial charge in [-0.25, -0.2) is 0 Å². The largest absolute Gasteiger partial charge is 0.389 e. The average molecular weight is 255 g/mol. The second-order valence-electron chi connectivity index (χ2n) is 4.81. The van der Waals surface area contributed by atoms with Gasteiger partial charge in [-0.15, -0.1) is 0 Å². The molecule has 100 valence electrons. The van der Waals surface area contributed by atoms with Gasteiger partial charge in [0.1, 0.15) is 0 Å². The van der Waals surface area contributed by atoms with E-state index < -0.39 is 6.10 Å². The molecule has 1 N–H and O–H groups in total. The highest BCUT2D eigenvalue weighted by atomic mass is 16.3. The van der Waals surface area contributed by atoms with Crippen LogP contribution in [0, 0.1) is 0 Å². The van der Waals surface area contributed by atoms with Crippen molar-refractivity contribution in [2.24, 2.45) is 0 Å². The van der Waals surface area contributed by atoms with Crippen LogP contribution in [0.2, 0.25) is 0 Å². The minimum absolute atomic E-state index is 0.464. The van der Waals surface area contributed by atoms with Crippen LogP contribution >= 0.6 is 0 Å². The standard InChI is InChI=1S/C17H21NO/c1-4-14-9-11-15(12-10-14)18(3)17-8-6-5-7-16(17)13(2)19/h5-13,19H,4H2,1-3H3/t13-/m1/s1. The van der Waals surface area contributed by atoms with Crippen molar-refractivity contribution in [2.45, 2.75) is 26.4 Å². The van der Waals surface area contributed by atoms with Crippen LogP contribution < -0.4 is 4.90 Å². The molecule has 2 aromatic carbocycles. The van der Waals surface area contributed by atoms with Gasteiger partial charge in [-0.2, -0.15) is 0 Å².